The van der Waals surface area contributed by atoms with E-state index >= 15 is 0 Å². The third kappa shape index (κ3) is 29.7. The molecule has 0 saturated carbocycles. The van der Waals surface area contributed by atoms with E-state index in [9.17, 15) is 45.6 Å². The van der Waals surface area contributed by atoms with Gasteiger partial charge < -0.3 is 65.1 Å². The summed E-state index contributed by atoms with van der Waals surface area (Å²) in [5.41, 5.74) is 0. The summed E-state index contributed by atoms with van der Waals surface area (Å²) in [6, 6.07) is -0.971. The van der Waals surface area contributed by atoms with Crippen molar-refractivity contribution < 1.29 is 64.6 Å². The van der Waals surface area contributed by atoms with E-state index in [4.69, 9.17) is 18.9 Å². The highest BCUT2D eigenvalue weighted by Crippen LogP contribution is 2.30. The molecule has 1 amide bonds. The smallest absolute Gasteiger partial charge is 0.220 e. The van der Waals surface area contributed by atoms with E-state index in [1.165, 1.54) is 19.3 Å². The van der Waals surface area contributed by atoms with Crippen LogP contribution in [0.1, 0.15) is 136 Å². The summed E-state index contributed by atoms with van der Waals surface area (Å²) in [5, 5.41) is 86.6. The molecule has 14 heteroatoms. The van der Waals surface area contributed by atoms with Crippen molar-refractivity contribution in [3.8, 4) is 0 Å². The second-order valence-corrected chi connectivity index (χ2v) is 18.3. The van der Waals surface area contributed by atoms with Gasteiger partial charge in [0.25, 0.3) is 0 Å². The Labute approximate surface area is 437 Å². The van der Waals surface area contributed by atoms with Gasteiger partial charge in [-0.2, -0.15) is 0 Å². The summed E-state index contributed by atoms with van der Waals surface area (Å²) < 4.78 is 22.6. The van der Waals surface area contributed by atoms with Crippen LogP contribution in [0.15, 0.2) is 134 Å². The first-order valence-electron chi connectivity index (χ1n) is 26.9. The Kier molecular flexibility index (Phi) is 38.8. The number of amides is 1. The molecule has 9 N–H and O–H groups in total. The molecule has 2 aliphatic heterocycles. The summed E-state index contributed by atoms with van der Waals surface area (Å²) in [6.45, 7) is 2.53. The standard InChI is InChI=1S/C59H93NO13/c1-3-5-7-9-11-13-15-16-17-18-19-20-21-22-23-24-25-26-27-28-29-30-31-32-33-35-37-39-41-43-51(64)60-47(48(63)42-40-38-36-34-14-12-10-8-6-4-2)46-70-58-56(69)54(67)57(50(45-62)72-58)73-59-55(68)53(66)52(65)49(44-61)71-59/h5,7,11,13-14,16-17,19-20,22-23,25-26,28-29,31-32,34-35,37,40,42,47-50,52-59,61-63,65-69H,3-4,6,8-10,12,15,18,21,24,27,30,33,36,38-39,41,43-46H2,1-2H3,(H,60,64)/b7-5-,13-11-,17-16-,20-19-,23-22-,26-25-,29-28-,32-31-,34-14+,37-35-,42-40+. The maximum Gasteiger partial charge on any atom is 0.220 e. The normalized spacial score (nSPS) is 26.5. The number of rotatable bonds is 39. The highest BCUT2D eigenvalue weighted by atomic mass is 16.7. The first kappa shape index (κ1) is 65.2. The minimum Gasteiger partial charge on any atom is -0.394 e. The van der Waals surface area contributed by atoms with Gasteiger partial charge >= 0.3 is 0 Å². The van der Waals surface area contributed by atoms with Gasteiger partial charge in [0.05, 0.1) is 32.0 Å². The van der Waals surface area contributed by atoms with E-state index in [1.54, 1.807) is 6.08 Å². The molecule has 0 aromatic heterocycles. The van der Waals surface area contributed by atoms with Crippen LogP contribution in [0.25, 0.3) is 0 Å². The highest BCUT2D eigenvalue weighted by molar-refractivity contribution is 5.76. The van der Waals surface area contributed by atoms with Gasteiger partial charge in [0, 0.05) is 6.42 Å². The lowest BCUT2D eigenvalue weighted by Crippen LogP contribution is -2.65. The van der Waals surface area contributed by atoms with Gasteiger partial charge in [0.2, 0.25) is 5.91 Å². The number of aliphatic hydroxyl groups is 8. The zero-order valence-electron chi connectivity index (χ0n) is 43.8. The molecule has 0 bridgehead atoms. The molecule has 2 saturated heterocycles. The molecule has 2 aliphatic rings. The largest absolute Gasteiger partial charge is 0.394 e. The van der Waals surface area contributed by atoms with Crippen LogP contribution in [-0.4, -0.2) is 140 Å². The fraction of sp³-hybridized carbons (Fsp3) is 0.610. The van der Waals surface area contributed by atoms with E-state index in [0.29, 0.717) is 19.3 Å². The van der Waals surface area contributed by atoms with Gasteiger partial charge in [-0.1, -0.05) is 167 Å². The molecular weight excluding hydrogens is 931 g/mol. The van der Waals surface area contributed by atoms with E-state index in [1.807, 2.05) is 12.2 Å². The quantitative estimate of drug-likeness (QED) is 0.0210. The lowest BCUT2D eigenvalue weighted by molar-refractivity contribution is -0.359. The van der Waals surface area contributed by atoms with E-state index in [0.717, 1.165) is 77.0 Å². The van der Waals surface area contributed by atoms with E-state index in [-0.39, 0.29) is 18.9 Å². The summed E-state index contributed by atoms with van der Waals surface area (Å²) in [6.07, 6.45) is 46.6. The summed E-state index contributed by atoms with van der Waals surface area (Å²) in [7, 11) is 0. The molecule has 12 unspecified atom stereocenters. The molecule has 2 rings (SSSR count). The van der Waals surface area contributed by atoms with Crippen LogP contribution in [0, 0.1) is 0 Å². The molecule has 2 fully saturated rings. The Bertz CT molecular complexity index is 1730. The fourth-order valence-corrected chi connectivity index (χ4v) is 7.72. The molecule has 0 aliphatic carbocycles. The van der Waals surface area contributed by atoms with Crippen LogP contribution in [0.2, 0.25) is 0 Å². The third-order valence-corrected chi connectivity index (χ3v) is 12.1. The number of hydrogen-bond acceptors (Lipinski definition) is 13. The molecule has 14 nitrogen and oxygen atoms in total. The Balaban J connectivity index is 1.78. The molecule has 0 aromatic rings. The molecule has 0 spiro atoms. The van der Waals surface area contributed by atoms with E-state index in [2.05, 4.69) is 135 Å². The molecular formula is C59H93NO13. The maximum atomic E-state index is 13.1. The Morgan fingerprint density at radius 1 is 0.507 bits per heavy atom. The molecule has 412 valence electrons. The van der Waals surface area contributed by atoms with Crippen LogP contribution in [0.3, 0.4) is 0 Å². The van der Waals surface area contributed by atoms with Gasteiger partial charge in [-0.25, -0.2) is 0 Å². The number of carbonyl (C=O) groups is 1. The molecule has 12 atom stereocenters. The van der Waals surface area contributed by atoms with Crippen molar-refractivity contribution in [3.63, 3.8) is 0 Å². The summed E-state index contributed by atoms with van der Waals surface area (Å²) in [5.74, 6) is -0.317. The van der Waals surface area contributed by atoms with E-state index < -0.39 is 86.8 Å². The Morgan fingerprint density at radius 2 is 0.959 bits per heavy atom. The number of unbranched alkanes of at least 4 members (excludes halogenated alkanes) is 6. The fourth-order valence-electron chi connectivity index (χ4n) is 7.72. The van der Waals surface area contributed by atoms with Crippen molar-refractivity contribution in [1.29, 1.82) is 0 Å². The lowest BCUT2D eigenvalue weighted by Gasteiger charge is -2.46. The monoisotopic (exact) mass is 1020 g/mol. The van der Waals surface area contributed by atoms with Gasteiger partial charge in [-0.05, 0) is 96.3 Å². The number of aliphatic hydroxyl groups excluding tert-OH is 8. The van der Waals surface area contributed by atoms with Crippen molar-refractivity contribution in [2.45, 2.75) is 209 Å². The second kappa shape index (κ2) is 43.4. The predicted molar refractivity (Wildman–Crippen MR) is 290 cm³/mol. The van der Waals surface area contributed by atoms with Gasteiger partial charge in [-0.3, -0.25) is 4.79 Å². The zero-order valence-corrected chi connectivity index (χ0v) is 43.8. The van der Waals surface area contributed by atoms with Gasteiger partial charge in [0.1, 0.15) is 48.8 Å². The number of carbonyl (C=O) groups excluding carboxylic acids is 1. The average Bonchev–Trinajstić information content (AvgIpc) is 3.39. The molecule has 0 radical (unpaired) electrons. The number of allylic oxidation sites excluding steroid dienone is 21. The van der Waals surface area contributed by atoms with Crippen LogP contribution >= 0.6 is 0 Å². The molecule has 0 aromatic carbocycles. The summed E-state index contributed by atoms with van der Waals surface area (Å²) in [4.78, 5) is 13.1. The van der Waals surface area contributed by atoms with Gasteiger partial charge in [0.15, 0.2) is 12.6 Å². The van der Waals surface area contributed by atoms with Crippen LogP contribution < -0.4 is 5.32 Å². The van der Waals surface area contributed by atoms with Crippen LogP contribution in [-0.2, 0) is 23.7 Å². The van der Waals surface area contributed by atoms with Crippen molar-refractivity contribution in [1.82, 2.24) is 5.32 Å². The predicted octanol–water partition coefficient (Wildman–Crippen LogP) is 8.04. The van der Waals surface area contributed by atoms with Crippen molar-refractivity contribution in [3.05, 3.63) is 134 Å². The first-order chi connectivity index (χ1) is 35.6. The number of hydrogen-bond donors (Lipinski definition) is 9. The highest BCUT2D eigenvalue weighted by Gasteiger charge is 2.51. The number of nitrogens with one attached hydrogen (secondary N) is 1. The minimum absolute atomic E-state index is 0.183. The second-order valence-electron chi connectivity index (χ2n) is 18.3. The van der Waals surface area contributed by atoms with Gasteiger partial charge in [-0.15, -0.1) is 0 Å². The average molecular weight is 1020 g/mol. The lowest BCUT2D eigenvalue weighted by atomic mass is 9.97. The first-order valence-corrected chi connectivity index (χ1v) is 26.9. The van der Waals surface area contributed by atoms with Crippen LogP contribution in [0.4, 0.5) is 0 Å². The zero-order chi connectivity index (χ0) is 53.2. The van der Waals surface area contributed by atoms with Crippen molar-refractivity contribution in [2.75, 3.05) is 19.8 Å². The Hall–Kier alpha value is -3.87. The van der Waals surface area contributed by atoms with Crippen molar-refractivity contribution in [2.24, 2.45) is 0 Å². The maximum absolute atomic E-state index is 13.1. The molecule has 73 heavy (non-hydrogen) atoms. The SMILES string of the molecule is CC/C=C\C/C=C\C/C=C\C/C=C\C/C=C\C/C=C\C/C=C\C/C=C\C/C=C\CCCC(=O)NC(COC1OC(CO)C(OC2OC(CO)C(O)C(O)C2O)C(O)C1O)C(O)/C=C/CC/C=C/CCCCCC. The minimum atomic E-state index is -1.80. The Morgan fingerprint density at radius 3 is 1.48 bits per heavy atom. The summed E-state index contributed by atoms with van der Waals surface area (Å²) >= 11 is 0. The third-order valence-electron chi connectivity index (χ3n) is 12.1. The topological polar surface area (TPSA) is 228 Å². The van der Waals surface area contributed by atoms with Crippen LogP contribution in [0.5, 0.6) is 0 Å². The molecule has 2 heterocycles. The van der Waals surface area contributed by atoms with Crippen molar-refractivity contribution >= 4 is 5.91 Å². The number of ether oxygens (including phenoxy) is 4.